The van der Waals surface area contributed by atoms with Gasteiger partial charge in [-0.2, -0.15) is 26.3 Å². The molecule has 2 atom stereocenters. The summed E-state index contributed by atoms with van der Waals surface area (Å²) in [5.41, 5.74) is -5.75. The molecule has 1 aliphatic rings. The number of hydrogen-bond donors (Lipinski definition) is 2. The molecule has 45 heavy (non-hydrogen) atoms. The summed E-state index contributed by atoms with van der Waals surface area (Å²) in [6.45, 7) is 3.03. The van der Waals surface area contributed by atoms with Crippen molar-refractivity contribution in [1.82, 2.24) is 9.88 Å². The molecule has 9 nitrogen and oxygen atoms in total. The number of ether oxygens (including phenoxy) is 1. The number of anilines is 1. The average Bonchev–Trinajstić information content (AvgIpc) is 3.42. The number of halogens is 7. The van der Waals surface area contributed by atoms with Crippen molar-refractivity contribution in [1.29, 1.82) is 5.41 Å². The zero-order valence-corrected chi connectivity index (χ0v) is 24.9. The summed E-state index contributed by atoms with van der Waals surface area (Å²) in [5, 5.41) is 8.57. The molecule has 2 aromatic rings. The van der Waals surface area contributed by atoms with Crippen LogP contribution in [-0.2, 0) is 25.5 Å². The van der Waals surface area contributed by atoms with Crippen LogP contribution in [0.15, 0.2) is 59.3 Å². The molecular weight excluding hydrogens is 637 g/mol. The van der Waals surface area contributed by atoms with E-state index in [1.54, 1.807) is 0 Å². The van der Waals surface area contributed by atoms with E-state index < -0.39 is 80.3 Å². The molecule has 1 aromatic carbocycles. The SMILES string of the molecule is CC(C)(C)OC(=O)N(C/C(=C/Nc1ccc(C(F)(F)F)nc1)C(=N)C(F)(F)F)C(=O)C1CCCC1S(=O)(=O)c1ccc(F)cc1. The number of alkyl halides is 6. The first-order chi connectivity index (χ1) is 20.6. The Morgan fingerprint density at radius 2 is 1.67 bits per heavy atom. The maximum atomic E-state index is 13.8. The van der Waals surface area contributed by atoms with E-state index in [2.05, 4.69) is 10.3 Å². The monoisotopic (exact) mass is 666 g/mol. The van der Waals surface area contributed by atoms with E-state index >= 15 is 0 Å². The second-order valence-electron chi connectivity index (χ2n) is 11.1. The molecule has 0 spiro atoms. The van der Waals surface area contributed by atoms with Gasteiger partial charge in [0.25, 0.3) is 0 Å². The van der Waals surface area contributed by atoms with Gasteiger partial charge in [-0.1, -0.05) is 6.42 Å². The maximum Gasteiger partial charge on any atom is 0.433 e. The fourth-order valence-electron chi connectivity index (χ4n) is 4.50. The van der Waals surface area contributed by atoms with Crippen LogP contribution < -0.4 is 5.32 Å². The molecule has 2 amide bonds. The van der Waals surface area contributed by atoms with Crippen molar-refractivity contribution >= 4 is 33.2 Å². The van der Waals surface area contributed by atoms with Crippen molar-refractivity contribution in [3.63, 3.8) is 0 Å². The first-order valence-corrected chi connectivity index (χ1v) is 14.8. The second-order valence-corrected chi connectivity index (χ2v) is 13.3. The van der Waals surface area contributed by atoms with Gasteiger partial charge in [-0.15, -0.1) is 0 Å². The van der Waals surface area contributed by atoms with Gasteiger partial charge in [0.15, 0.2) is 9.84 Å². The Hall–Kier alpha value is -4.02. The number of imide groups is 1. The van der Waals surface area contributed by atoms with Gasteiger partial charge in [0.1, 0.15) is 22.8 Å². The normalized spacial score (nSPS) is 18.0. The third kappa shape index (κ3) is 9.02. The quantitative estimate of drug-likeness (QED) is 0.186. The lowest BCUT2D eigenvalue weighted by Crippen LogP contribution is -2.48. The van der Waals surface area contributed by atoms with Gasteiger partial charge in [0, 0.05) is 11.8 Å². The third-order valence-electron chi connectivity index (χ3n) is 6.59. The van der Waals surface area contributed by atoms with E-state index in [1.807, 2.05) is 0 Å². The molecule has 0 aliphatic heterocycles. The van der Waals surface area contributed by atoms with Crippen molar-refractivity contribution < 1.29 is 53.5 Å². The summed E-state index contributed by atoms with van der Waals surface area (Å²) < 4.78 is 125. The Balaban J connectivity index is 2.01. The molecule has 1 aliphatic carbocycles. The van der Waals surface area contributed by atoms with Crippen LogP contribution >= 0.6 is 0 Å². The van der Waals surface area contributed by atoms with Crippen LogP contribution in [0, 0.1) is 17.1 Å². The topological polar surface area (TPSA) is 130 Å². The zero-order valence-electron chi connectivity index (χ0n) is 24.1. The first-order valence-electron chi connectivity index (χ1n) is 13.3. The molecule has 0 radical (unpaired) electrons. The van der Waals surface area contributed by atoms with Crippen molar-refractivity contribution in [3.05, 3.63) is 65.9 Å². The van der Waals surface area contributed by atoms with Crippen LogP contribution in [-0.4, -0.2) is 59.6 Å². The van der Waals surface area contributed by atoms with Crippen LogP contribution in [0.25, 0.3) is 0 Å². The van der Waals surface area contributed by atoms with Crippen molar-refractivity contribution in [2.24, 2.45) is 5.92 Å². The predicted molar refractivity (Wildman–Crippen MR) is 147 cm³/mol. The molecule has 1 heterocycles. The van der Waals surface area contributed by atoms with Gasteiger partial charge in [-0.25, -0.2) is 27.5 Å². The molecular formula is C28H29F7N4O5S. The molecule has 0 bridgehead atoms. The number of nitrogens with one attached hydrogen (secondary N) is 2. The van der Waals surface area contributed by atoms with Crippen molar-refractivity contribution in [2.45, 2.75) is 68.1 Å². The number of rotatable bonds is 8. The Bertz CT molecular complexity index is 1550. The van der Waals surface area contributed by atoms with E-state index in [0.29, 0.717) is 18.5 Å². The molecule has 1 aromatic heterocycles. The number of pyridine rings is 1. The molecule has 246 valence electrons. The largest absolute Gasteiger partial charge is 0.443 e. The van der Waals surface area contributed by atoms with Gasteiger partial charge in [-0.05, 0) is 70.0 Å². The lowest BCUT2D eigenvalue weighted by Gasteiger charge is -2.30. The van der Waals surface area contributed by atoms with Crippen LogP contribution in [0.2, 0.25) is 0 Å². The standard InChI is InChI=1S/C28H29F7N4O5S/c1-26(2,3)44-25(41)39(24(40)20-5-4-6-21(20)45(42,43)19-10-7-17(29)8-11-19)15-16(23(36)28(33,34)35)13-37-18-9-12-22(38-14-18)27(30,31)32/h7-14,20-21,36-37H,4-6,15H2,1-3H3/b16-13-,36-23?. The summed E-state index contributed by atoms with van der Waals surface area (Å²) in [6, 6.07) is 5.24. The highest BCUT2D eigenvalue weighted by atomic mass is 32.2. The Kier molecular flexibility index (Phi) is 10.4. The van der Waals surface area contributed by atoms with Crippen LogP contribution in [0.3, 0.4) is 0 Å². The number of aromatic nitrogens is 1. The summed E-state index contributed by atoms with van der Waals surface area (Å²) in [5.74, 6) is -3.31. The Morgan fingerprint density at radius 3 is 2.18 bits per heavy atom. The highest BCUT2D eigenvalue weighted by Crippen LogP contribution is 2.37. The van der Waals surface area contributed by atoms with Crippen LogP contribution in [0.4, 0.5) is 41.2 Å². The van der Waals surface area contributed by atoms with E-state index in [0.717, 1.165) is 30.3 Å². The second kappa shape index (κ2) is 13.1. The van der Waals surface area contributed by atoms with E-state index in [4.69, 9.17) is 10.1 Å². The van der Waals surface area contributed by atoms with E-state index in [1.165, 1.54) is 20.8 Å². The molecule has 2 unspecified atom stereocenters. The minimum atomic E-state index is -5.30. The number of amides is 2. The predicted octanol–water partition coefficient (Wildman–Crippen LogP) is 6.52. The van der Waals surface area contributed by atoms with Gasteiger partial charge in [0.05, 0.1) is 34.5 Å². The molecule has 17 heteroatoms. The summed E-state index contributed by atoms with van der Waals surface area (Å²) >= 11 is 0. The van der Waals surface area contributed by atoms with Crippen LogP contribution in [0.1, 0.15) is 45.7 Å². The highest BCUT2D eigenvalue weighted by Gasteiger charge is 2.46. The summed E-state index contributed by atoms with van der Waals surface area (Å²) in [4.78, 5) is 30.2. The fourth-order valence-corrected chi connectivity index (χ4v) is 6.52. The molecule has 1 saturated carbocycles. The van der Waals surface area contributed by atoms with Crippen LogP contribution in [0.5, 0.6) is 0 Å². The summed E-state index contributed by atoms with van der Waals surface area (Å²) in [6.07, 6.45) is -10.1. The smallest absolute Gasteiger partial charge is 0.433 e. The maximum absolute atomic E-state index is 13.8. The average molecular weight is 667 g/mol. The highest BCUT2D eigenvalue weighted by molar-refractivity contribution is 7.92. The van der Waals surface area contributed by atoms with E-state index in [9.17, 15) is 48.7 Å². The Labute approximate surface area is 253 Å². The summed E-state index contributed by atoms with van der Waals surface area (Å²) in [7, 11) is -4.27. The lowest BCUT2D eigenvalue weighted by molar-refractivity contribution is -0.141. The van der Waals surface area contributed by atoms with E-state index in [-0.39, 0.29) is 34.7 Å². The van der Waals surface area contributed by atoms with Gasteiger partial charge in [0.2, 0.25) is 5.91 Å². The number of benzene rings is 1. The first kappa shape index (κ1) is 35.5. The molecule has 3 rings (SSSR count). The minimum absolute atomic E-state index is 0.0399. The number of carbonyl (C=O) groups is 2. The van der Waals surface area contributed by atoms with Gasteiger partial charge in [-0.3, -0.25) is 10.2 Å². The van der Waals surface area contributed by atoms with Crippen molar-refractivity contribution in [3.8, 4) is 0 Å². The van der Waals surface area contributed by atoms with Crippen molar-refractivity contribution in [2.75, 3.05) is 11.9 Å². The molecule has 2 N–H and O–H groups in total. The number of hydrogen-bond acceptors (Lipinski definition) is 8. The molecule has 1 fully saturated rings. The number of nitrogens with zero attached hydrogens (tertiary/aromatic N) is 2. The number of carbonyl (C=O) groups excluding carboxylic acids is 2. The van der Waals surface area contributed by atoms with Gasteiger partial charge >= 0.3 is 18.4 Å². The Morgan fingerprint density at radius 1 is 1.04 bits per heavy atom. The zero-order chi connectivity index (χ0) is 34.0. The fraction of sp³-hybridized carbons (Fsp3) is 0.429. The van der Waals surface area contributed by atoms with Gasteiger partial charge < -0.3 is 10.1 Å². The minimum Gasteiger partial charge on any atom is -0.443 e. The third-order valence-corrected chi connectivity index (χ3v) is 8.88. The lowest BCUT2D eigenvalue weighted by atomic mass is 10.0. The molecule has 0 saturated heterocycles. The number of sulfone groups is 1.